The second kappa shape index (κ2) is 5.59. The van der Waals surface area contributed by atoms with E-state index in [0.29, 0.717) is 21.9 Å². The fourth-order valence-corrected chi connectivity index (χ4v) is 2.28. The van der Waals surface area contributed by atoms with Crippen LogP contribution in [-0.2, 0) is 0 Å². The molecular weight excluding hydrogens is 265 g/mol. The van der Waals surface area contributed by atoms with Crippen LogP contribution < -0.4 is 10.5 Å². The van der Waals surface area contributed by atoms with Crippen LogP contribution in [0.4, 0.5) is 4.39 Å². The highest BCUT2D eigenvalue weighted by molar-refractivity contribution is 6.31. The first-order valence-electron chi connectivity index (χ1n) is 5.88. The van der Waals surface area contributed by atoms with Crippen LogP contribution in [0.15, 0.2) is 36.4 Å². The molecule has 0 aliphatic rings. The summed E-state index contributed by atoms with van der Waals surface area (Å²) < 4.78 is 18.7. The lowest BCUT2D eigenvalue weighted by atomic mass is 9.97. The lowest BCUT2D eigenvalue weighted by molar-refractivity contribution is 0.408. The fraction of sp³-hybridized carbons (Fsp3) is 0.200. The Morgan fingerprint density at radius 2 is 1.89 bits per heavy atom. The van der Waals surface area contributed by atoms with Gasteiger partial charge in [-0.1, -0.05) is 29.8 Å². The molecule has 0 bridgehead atoms. The lowest BCUT2D eigenvalue weighted by Crippen LogP contribution is -2.14. The van der Waals surface area contributed by atoms with Gasteiger partial charge in [0.05, 0.1) is 13.2 Å². The van der Waals surface area contributed by atoms with Crippen LogP contribution in [0.3, 0.4) is 0 Å². The average molecular weight is 280 g/mol. The molecule has 2 rings (SSSR count). The summed E-state index contributed by atoms with van der Waals surface area (Å²) in [5, 5.41) is 0.321. The molecule has 2 aromatic carbocycles. The number of aryl methyl sites for hydroxylation is 1. The van der Waals surface area contributed by atoms with Crippen molar-refractivity contribution < 1.29 is 9.13 Å². The minimum atomic E-state index is -0.456. The first-order valence-corrected chi connectivity index (χ1v) is 6.26. The molecule has 0 saturated heterocycles. The highest BCUT2D eigenvalue weighted by Gasteiger charge is 2.17. The molecule has 0 aliphatic carbocycles. The Hall–Kier alpha value is -1.58. The molecule has 100 valence electrons. The molecule has 0 aliphatic heterocycles. The number of nitrogens with two attached hydrogens (primary N) is 1. The van der Waals surface area contributed by atoms with Crippen molar-refractivity contribution in [3.63, 3.8) is 0 Å². The number of methoxy groups -OCH3 is 1. The number of halogens is 2. The Bertz CT molecular complexity index is 601. The third-order valence-electron chi connectivity index (χ3n) is 3.09. The lowest BCUT2D eigenvalue weighted by Gasteiger charge is -2.18. The molecule has 19 heavy (non-hydrogen) atoms. The molecule has 4 heteroatoms. The van der Waals surface area contributed by atoms with Gasteiger partial charge in [-0.2, -0.15) is 0 Å². The van der Waals surface area contributed by atoms with Crippen molar-refractivity contribution >= 4 is 11.6 Å². The van der Waals surface area contributed by atoms with E-state index in [0.717, 1.165) is 5.56 Å². The average Bonchev–Trinajstić information content (AvgIpc) is 2.42. The Labute approximate surface area is 117 Å². The number of para-hydroxylation sites is 1. The minimum absolute atomic E-state index is 0.321. The zero-order chi connectivity index (χ0) is 14.0. The predicted molar refractivity (Wildman–Crippen MR) is 75.2 cm³/mol. The van der Waals surface area contributed by atoms with Crippen LogP contribution in [-0.4, -0.2) is 7.11 Å². The van der Waals surface area contributed by atoms with E-state index in [9.17, 15) is 4.39 Å². The maximum Gasteiger partial charge on any atom is 0.127 e. The van der Waals surface area contributed by atoms with E-state index in [4.69, 9.17) is 22.1 Å². The monoisotopic (exact) mass is 279 g/mol. The van der Waals surface area contributed by atoms with Crippen LogP contribution in [0.5, 0.6) is 5.75 Å². The Kier molecular flexibility index (Phi) is 4.08. The van der Waals surface area contributed by atoms with Gasteiger partial charge < -0.3 is 10.5 Å². The van der Waals surface area contributed by atoms with E-state index in [1.165, 1.54) is 6.07 Å². The summed E-state index contributed by atoms with van der Waals surface area (Å²) in [5.41, 5.74) is 8.25. The van der Waals surface area contributed by atoms with Gasteiger partial charge in [-0.15, -0.1) is 0 Å². The van der Waals surface area contributed by atoms with E-state index in [2.05, 4.69) is 0 Å². The van der Waals surface area contributed by atoms with Gasteiger partial charge >= 0.3 is 0 Å². The number of rotatable bonds is 3. The van der Waals surface area contributed by atoms with Gasteiger partial charge in [-0.25, -0.2) is 4.39 Å². The Morgan fingerprint density at radius 3 is 2.58 bits per heavy atom. The Morgan fingerprint density at radius 1 is 1.21 bits per heavy atom. The van der Waals surface area contributed by atoms with E-state index in [1.807, 2.05) is 24.3 Å². The molecule has 0 fully saturated rings. The largest absolute Gasteiger partial charge is 0.496 e. The topological polar surface area (TPSA) is 35.2 Å². The zero-order valence-electron chi connectivity index (χ0n) is 10.8. The molecule has 0 heterocycles. The molecule has 2 N–H and O–H groups in total. The highest BCUT2D eigenvalue weighted by Crippen LogP contribution is 2.33. The minimum Gasteiger partial charge on any atom is -0.496 e. The van der Waals surface area contributed by atoms with Gasteiger partial charge in [0.1, 0.15) is 11.6 Å². The van der Waals surface area contributed by atoms with Gasteiger partial charge in [0, 0.05) is 10.6 Å². The van der Waals surface area contributed by atoms with Gasteiger partial charge in [0.15, 0.2) is 0 Å². The van der Waals surface area contributed by atoms with Crippen LogP contribution in [0.2, 0.25) is 5.02 Å². The predicted octanol–water partition coefficient (Wildman–Crippen LogP) is 3.84. The van der Waals surface area contributed by atoms with Crippen LogP contribution in [0, 0.1) is 12.7 Å². The Balaban J connectivity index is 2.50. The second-order valence-electron chi connectivity index (χ2n) is 4.34. The molecule has 2 nitrogen and oxygen atoms in total. The quantitative estimate of drug-likeness (QED) is 0.926. The van der Waals surface area contributed by atoms with Gasteiger partial charge in [0.2, 0.25) is 0 Å². The molecular formula is C15H15ClFNO. The van der Waals surface area contributed by atoms with Crippen molar-refractivity contribution in [2.75, 3.05) is 7.11 Å². The summed E-state index contributed by atoms with van der Waals surface area (Å²) in [6.07, 6.45) is 0. The van der Waals surface area contributed by atoms with Crippen molar-refractivity contribution in [1.29, 1.82) is 0 Å². The second-order valence-corrected chi connectivity index (χ2v) is 4.75. The number of ether oxygens (including phenoxy) is 1. The standard InChI is InChI=1S/C15H15ClFNO/c1-9-7-11(12(16)8-13(9)17)15(18)10-5-3-4-6-14(10)19-2/h3-8,15H,18H2,1-2H3. The van der Waals surface area contributed by atoms with Crippen LogP contribution in [0.25, 0.3) is 0 Å². The molecule has 0 aromatic heterocycles. The van der Waals surface area contributed by atoms with E-state index in [-0.39, 0.29) is 5.82 Å². The number of hydrogen-bond acceptors (Lipinski definition) is 2. The molecule has 0 spiro atoms. The van der Waals surface area contributed by atoms with Crippen molar-refractivity contribution in [3.8, 4) is 5.75 Å². The third kappa shape index (κ3) is 2.72. The molecule has 0 amide bonds. The van der Waals surface area contributed by atoms with Crippen LogP contribution >= 0.6 is 11.6 Å². The van der Waals surface area contributed by atoms with Crippen molar-refractivity contribution in [1.82, 2.24) is 0 Å². The molecule has 2 aromatic rings. The molecule has 1 unspecified atom stereocenters. The van der Waals surface area contributed by atoms with Gasteiger partial charge in [0.25, 0.3) is 0 Å². The highest BCUT2D eigenvalue weighted by atomic mass is 35.5. The summed E-state index contributed by atoms with van der Waals surface area (Å²) in [4.78, 5) is 0. The van der Waals surface area contributed by atoms with Crippen molar-refractivity contribution in [2.24, 2.45) is 5.73 Å². The summed E-state index contributed by atoms with van der Waals surface area (Å²) in [7, 11) is 1.59. The zero-order valence-corrected chi connectivity index (χ0v) is 11.5. The summed E-state index contributed by atoms with van der Waals surface area (Å²) in [6, 6.07) is 9.96. The molecule has 0 saturated carbocycles. The third-order valence-corrected chi connectivity index (χ3v) is 3.41. The van der Waals surface area contributed by atoms with E-state index < -0.39 is 6.04 Å². The summed E-state index contributed by atoms with van der Waals surface area (Å²) in [5.74, 6) is 0.356. The van der Waals surface area contributed by atoms with Crippen molar-refractivity contribution in [3.05, 3.63) is 63.9 Å². The van der Waals surface area contributed by atoms with Crippen LogP contribution in [0.1, 0.15) is 22.7 Å². The van der Waals surface area contributed by atoms with E-state index >= 15 is 0 Å². The first-order chi connectivity index (χ1) is 9.04. The molecule has 1 atom stereocenters. The maximum absolute atomic E-state index is 13.4. The molecule has 0 radical (unpaired) electrons. The summed E-state index contributed by atoms with van der Waals surface area (Å²) in [6.45, 7) is 1.68. The van der Waals surface area contributed by atoms with Gasteiger partial charge in [-0.3, -0.25) is 0 Å². The van der Waals surface area contributed by atoms with E-state index in [1.54, 1.807) is 20.1 Å². The number of hydrogen-bond donors (Lipinski definition) is 1. The number of benzene rings is 2. The van der Waals surface area contributed by atoms with Crippen molar-refractivity contribution in [2.45, 2.75) is 13.0 Å². The normalized spacial score (nSPS) is 12.3. The summed E-state index contributed by atoms with van der Waals surface area (Å²) >= 11 is 6.08. The smallest absolute Gasteiger partial charge is 0.127 e. The SMILES string of the molecule is COc1ccccc1C(N)c1cc(C)c(F)cc1Cl. The fourth-order valence-electron chi connectivity index (χ4n) is 2.01. The van der Waals surface area contributed by atoms with Gasteiger partial charge in [-0.05, 0) is 36.2 Å². The first kappa shape index (κ1) is 13.8. The maximum atomic E-state index is 13.4.